The summed E-state index contributed by atoms with van der Waals surface area (Å²) in [6, 6.07) is 3.57. The van der Waals surface area contributed by atoms with E-state index in [4.69, 9.17) is 0 Å². The van der Waals surface area contributed by atoms with E-state index in [2.05, 4.69) is 0 Å². The second-order valence-corrected chi connectivity index (χ2v) is 4.94. The summed E-state index contributed by atoms with van der Waals surface area (Å²) in [6.07, 6.45) is 5.08. The minimum Gasteiger partial charge on any atom is -0.389 e. The molecule has 1 aromatic carbocycles. The van der Waals surface area contributed by atoms with E-state index < -0.39 is 6.10 Å². The molecule has 0 radical (unpaired) electrons. The van der Waals surface area contributed by atoms with Gasteiger partial charge >= 0.3 is 0 Å². The van der Waals surface area contributed by atoms with E-state index in [-0.39, 0.29) is 5.82 Å². The molecule has 0 aliphatic heterocycles. The van der Waals surface area contributed by atoms with Crippen LogP contribution < -0.4 is 0 Å². The SMILES string of the molecule is Cc1cc(C)c(C2=CC(O)CCCC2)c(F)c1. The number of halogens is 1. The fraction of sp³-hybridized carbons (Fsp3) is 0.467. The fourth-order valence-electron chi connectivity index (χ4n) is 2.60. The Morgan fingerprint density at radius 2 is 2.00 bits per heavy atom. The van der Waals surface area contributed by atoms with Gasteiger partial charge in [0.1, 0.15) is 5.82 Å². The third-order valence-corrected chi connectivity index (χ3v) is 3.34. The van der Waals surface area contributed by atoms with Crippen molar-refractivity contribution in [3.05, 3.63) is 40.7 Å². The molecular formula is C15H19FO. The molecule has 17 heavy (non-hydrogen) atoms. The molecule has 92 valence electrons. The molecule has 0 saturated heterocycles. The molecule has 0 bridgehead atoms. The smallest absolute Gasteiger partial charge is 0.131 e. The Morgan fingerprint density at radius 3 is 2.71 bits per heavy atom. The topological polar surface area (TPSA) is 20.2 Å². The zero-order valence-corrected chi connectivity index (χ0v) is 10.5. The molecule has 0 spiro atoms. The van der Waals surface area contributed by atoms with Crippen LogP contribution in [0, 0.1) is 19.7 Å². The predicted molar refractivity (Wildman–Crippen MR) is 68.3 cm³/mol. The van der Waals surface area contributed by atoms with Gasteiger partial charge in [0.25, 0.3) is 0 Å². The van der Waals surface area contributed by atoms with Gasteiger partial charge in [0.2, 0.25) is 0 Å². The zero-order valence-electron chi connectivity index (χ0n) is 10.5. The van der Waals surface area contributed by atoms with Crippen LogP contribution in [0.2, 0.25) is 0 Å². The van der Waals surface area contributed by atoms with Crippen molar-refractivity contribution in [3.8, 4) is 0 Å². The third-order valence-electron chi connectivity index (χ3n) is 3.34. The van der Waals surface area contributed by atoms with E-state index in [1.807, 2.05) is 26.0 Å². The molecule has 1 atom stereocenters. The summed E-state index contributed by atoms with van der Waals surface area (Å²) >= 11 is 0. The molecule has 1 N–H and O–H groups in total. The Balaban J connectivity index is 2.45. The number of allylic oxidation sites excluding steroid dienone is 1. The van der Waals surface area contributed by atoms with Crippen LogP contribution in [0.5, 0.6) is 0 Å². The molecule has 2 rings (SSSR count). The lowest BCUT2D eigenvalue weighted by Crippen LogP contribution is -2.01. The van der Waals surface area contributed by atoms with Gasteiger partial charge in [0.15, 0.2) is 0 Å². The fourth-order valence-corrected chi connectivity index (χ4v) is 2.60. The van der Waals surface area contributed by atoms with Gasteiger partial charge < -0.3 is 5.11 Å². The summed E-state index contributed by atoms with van der Waals surface area (Å²) in [5.41, 5.74) is 3.56. The Kier molecular flexibility index (Phi) is 3.63. The highest BCUT2D eigenvalue weighted by molar-refractivity contribution is 5.69. The standard InChI is InChI=1S/C15H19FO/c1-10-7-11(2)15(14(16)8-10)12-5-3-4-6-13(17)9-12/h7-9,13,17H,3-6H2,1-2H3. The lowest BCUT2D eigenvalue weighted by atomic mass is 9.95. The average Bonchev–Trinajstić information content (AvgIpc) is 2.41. The normalized spacial score (nSPS) is 20.9. The van der Waals surface area contributed by atoms with Gasteiger partial charge in [0.05, 0.1) is 6.10 Å². The van der Waals surface area contributed by atoms with Crippen LogP contribution in [-0.2, 0) is 0 Å². The molecule has 2 heteroatoms. The van der Waals surface area contributed by atoms with Crippen LogP contribution in [0.3, 0.4) is 0 Å². The van der Waals surface area contributed by atoms with Gasteiger partial charge in [0, 0.05) is 5.56 Å². The summed E-state index contributed by atoms with van der Waals surface area (Å²) in [7, 11) is 0. The van der Waals surface area contributed by atoms with E-state index in [1.165, 1.54) is 0 Å². The van der Waals surface area contributed by atoms with Crippen LogP contribution in [-0.4, -0.2) is 11.2 Å². The molecule has 1 aromatic rings. The van der Waals surface area contributed by atoms with Crippen molar-refractivity contribution >= 4 is 5.57 Å². The number of aliphatic hydroxyl groups excluding tert-OH is 1. The number of aliphatic hydroxyl groups is 1. The highest BCUT2D eigenvalue weighted by Gasteiger charge is 2.16. The lowest BCUT2D eigenvalue weighted by molar-refractivity contribution is 0.211. The van der Waals surface area contributed by atoms with Crippen LogP contribution in [0.1, 0.15) is 42.4 Å². The molecule has 1 nitrogen and oxygen atoms in total. The second kappa shape index (κ2) is 5.01. The maximum absolute atomic E-state index is 14.0. The van der Waals surface area contributed by atoms with Gasteiger partial charge in [-0.3, -0.25) is 0 Å². The third kappa shape index (κ3) is 2.75. The summed E-state index contributed by atoms with van der Waals surface area (Å²) in [5.74, 6) is -0.164. The van der Waals surface area contributed by atoms with E-state index in [0.29, 0.717) is 5.56 Å². The molecular weight excluding hydrogens is 215 g/mol. The van der Waals surface area contributed by atoms with Crippen molar-refractivity contribution in [2.24, 2.45) is 0 Å². The highest BCUT2D eigenvalue weighted by atomic mass is 19.1. The molecule has 1 aliphatic rings. The summed E-state index contributed by atoms with van der Waals surface area (Å²) in [4.78, 5) is 0. The second-order valence-electron chi connectivity index (χ2n) is 4.94. The first-order valence-corrected chi connectivity index (χ1v) is 6.24. The van der Waals surface area contributed by atoms with Crippen molar-refractivity contribution in [1.29, 1.82) is 0 Å². The van der Waals surface area contributed by atoms with Crippen LogP contribution in [0.25, 0.3) is 5.57 Å². The van der Waals surface area contributed by atoms with Gasteiger partial charge in [-0.05, 0) is 55.9 Å². The first-order chi connectivity index (χ1) is 8.08. The van der Waals surface area contributed by atoms with Crippen molar-refractivity contribution in [2.75, 3.05) is 0 Å². The number of hydrogen-bond donors (Lipinski definition) is 1. The Bertz CT molecular complexity index is 425. The van der Waals surface area contributed by atoms with Crippen molar-refractivity contribution in [3.63, 3.8) is 0 Å². The molecule has 0 aromatic heterocycles. The number of hydrogen-bond acceptors (Lipinski definition) is 1. The largest absolute Gasteiger partial charge is 0.389 e. The summed E-state index contributed by atoms with van der Waals surface area (Å²) < 4.78 is 14.0. The minimum absolute atomic E-state index is 0.164. The van der Waals surface area contributed by atoms with Crippen molar-refractivity contribution in [2.45, 2.75) is 45.6 Å². The highest BCUT2D eigenvalue weighted by Crippen LogP contribution is 2.30. The van der Waals surface area contributed by atoms with Gasteiger partial charge in [-0.25, -0.2) is 4.39 Å². The maximum Gasteiger partial charge on any atom is 0.131 e. The van der Waals surface area contributed by atoms with Crippen LogP contribution >= 0.6 is 0 Å². The monoisotopic (exact) mass is 234 g/mol. The van der Waals surface area contributed by atoms with Gasteiger partial charge in [-0.1, -0.05) is 18.6 Å². The number of aryl methyl sites for hydroxylation is 2. The molecule has 1 aliphatic carbocycles. The quantitative estimate of drug-likeness (QED) is 0.784. The average molecular weight is 234 g/mol. The number of rotatable bonds is 1. The van der Waals surface area contributed by atoms with Crippen molar-refractivity contribution in [1.82, 2.24) is 0 Å². The van der Waals surface area contributed by atoms with Crippen molar-refractivity contribution < 1.29 is 9.50 Å². The molecule has 0 fully saturated rings. The first kappa shape index (κ1) is 12.3. The van der Waals surface area contributed by atoms with E-state index >= 15 is 0 Å². The molecule has 0 amide bonds. The Hall–Kier alpha value is -1.15. The molecule has 1 unspecified atom stereocenters. The van der Waals surface area contributed by atoms with E-state index in [9.17, 15) is 9.50 Å². The Morgan fingerprint density at radius 1 is 1.24 bits per heavy atom. The van der Waals surface area contributed by atoms with Gasteiger partial charge in [-0.15, -0.1) is 0 Å². The lowest BCUT2D eigenvalue weighted by Gasteiger charge is -2.12. The van der Waals surface area contributed by atoms with Gasteiger partial charge in [-0.2, -0.15) is 0 Å². The summed E-state index contributed by atoms with van der Waals surface area (Å²) in [5, 5.41) is 9.76. The minimum atomic E-state index is -0.424. The number of benzene rings is 1. The summed E-state index contributed by atoms with van der Waals surface area (Å²) in [6.45, 7) is 3.83. The van der Waals surface area contributed by atoms with Crippen LogP contribution in [0.4, 0.5) is 4.39 Å². The zero-order chi connectivity index (χ0) is 12.4. The Labute approximate surface area is 102 Å². The predicted octanol–water partition coefficient (Wildman–Crippen LogP) is 3.76. The van der Waals surface area contributed by atoms with E-state index in [0.717, 1.165) is 42.4 Å². The maximum atomic E-state index is 14.0. The molecule has 0 saturated carbocycles. The first-order valence-electron chi connectivity index (χ1n) is 6.24. The van der Waals surface area contributed by atoms with Crippen LogP contribution in [0.15, 0.2) is 18.2 Å². The molecule has 0 heterocycles. The van der Waals surface area contributed by atoms with E-state index in [1.54, 1.807) is 6.07 Å².